The highest BCUT2D eigenvalue weighted by molar-refractivity contribution is 5.89. The topological polar surface area (TPSA) is 96.9 Å². The third-order valence-electron chi connectivity index (χ3n) is 5.76. The maximum atomic E-state index is 14.6. The second-order valence-corrected chi connectivity index (χ2v) is 8.07. The van der Waals surface area contributed by atoms with Crippen LogP contribution in [0.2, 0.25) is 0 Å². The quantitative estimate of drug-likeness (QED) is 0.379. The van der Waals surface area contributed by atoms with Gasteiger partial charge in [-0.25, -0.2) is 23.2 Å². The molecule has 176 valence electrons. The molecule has 0 spiro atoms. The van der Waals surface area contributed by atoms with Crippen LogP contribution in [-0.4, -0.2) is 49.2 Å². The normalized spacial score (nSPS) is 14.4. The van der Waals surface area contributed by atoms with Gasteiger partial charge in [-0.1, -0.05) is 6.07 Å². The summed E-state index contributed by atoms with van der Waals surface area (Å²) in [7, 11) is 1.47. The monoisotopic (exact) mass is 468 g/mol. The van der Waals surface area contributed by atoms with E-state index in [0.717, 1.165) is 24.6 Å². The van der Waals surface area contributed by atoms with Gasteiger partial charge in [-0.05, 0) is 32.8 Å². The van der Waals surface area contributed by atoms with Crippen molar-refractivity contribution in [3.05, 3.63) is 59.0 Å². The minimum atomic E-state index is -0.663. The molecule has 0 bridgehead atoms. The third kappa shape index (κ3) is 3.76. The molecule has 1 aromatic carbocycles. The van der Waals surface area contributed by atoms with Gasteiger partial charge in [0.2, 0.25) is 5.88 Å². The van der Waals surface area contributed by atoms with E-state index in [1.807, 2.05) is 0 Å². The van der Waals surface area contributed by atoms with Gasteiger partial charge >= 0.3 is 5.97 Å². The first-order valence-corrected chi connectivity index (χ1v) is 10.9. The first-order valence-electron chi connectivity index (χ1n) is 10.9. The van der Waals surface area contributed by atoms with Crippen molar-refractivity contribution in [2.24, 2.45) is 0 Å². The number of rotatable bonds is 7. The van der Waals surface area contributed by atoms with Crippen LogP contribution in [-0.2, 0) is 4.74 Å². The number of carbonyl (C=O) groups is 1. The Kier molecular flexibility index (Phi) is 5.46. The fraction of sp³-hybridized carbons (Fsp3) is 0.348. The van der Waals surface area contributed by atoms with E-state index in [1.54, 1.807) is 18.5 Å². The molecule has 3 heterocycles. The van der Waals surface area contributed by atoms with Crippen molar-refractivity contribution < 1.29 is 23.0 Å². The number of ether oxygens (including phenoxy) is 2. The lowest BCUT2D eigenvalue weighted by atomic mass is 10.1. The Bertz CT molecular complexity index is 1400. The van der Waals surface area contributed by atoms with Gasteiger partial charge in [0.15, 0.2) is 0 Å². The Labute approximate surface area is 193 Å². The number of carbonyl (C=O) groups excluding carboxylic acids is 1. The number of esters is 1. The molecule has 0 saturated heterocycles. The number of halogens is 2. The van der Waals surface area contributed by atoms with Gasteiger partial charge in [-0.2, -0.15) is 15.2 Å². The molecule has 1 atom stereocenters. The zero-order chi connectivity index (χ0) is 24.0. The lowest BCUT2D eigenvalue weighted by molar-refractivity contribution is 0.0526. The molecule has 5 rings (SSSR count). The van der Waals surface area contributed by atoms with Crippen molar-refractivity contribution >= 4 is 17.0 Å². The average Bonchev–Trinajstić information content (AvgIpc) is 3.40. The molecule has 0 amide bonds. The van der Waals surface area contributed by atoms with Crippen LogP contribution in [0.15, 0.2) is 30.6 Å². The van der Waals surface area contributed by atoms with Gasteiger partial charge < -0.3 is 9.47 Å². The highest BCUT2D eigenvalue weighted by Crippen LogP contribution is 2.44. The van der Waals surface area contributed by atoms with Gasteiger partial charge in [0, 0.05) is 23.7 Å². The van der Waals surface area contributed by atoms with Crippen molar-refractivity contribution in [2.75, 3.05) is 13.7 Å². The van der Waals surface area contributed by atoms with Crippen molar-refractivity contribution in [1.82, 2.24) is 29.5 Å². The van der Waals surface area contributed by atoms with Crippen molar-refractivity contribution in [3.8, 4) is 11.8 Å². The summed E-state index contributed by atoms with van der Waals surface area (Å²) in [4.78, 5) is 21.2. The molecule has 1 fully saturated rings. The summed E-state index contributed by atoms with van der Waals surface area (Å²) < 4.78 is 41.6. The van der Waals surface area contributed by atoms with E-state index in [9.17, 15) is 13.6 Å². The summed E-state index contributed by atoms with van der Waals surface area (Å²) >= 11 is 0. The SMILES string of the molecule is CCOC(=O)c1cnn(-c2nc(OC)c3c(n2)c(C2CC2)nn3[C@@H](C)c2ccc(F)cc2F)c1. The zero-order valence-electron chi connectivity index (χ0n) is 18.8. The van der Waals surface area contributed by atoms with E-state index < -0.39 is 23.6 Å². The molecule has 1 saturated carbocycles. The van der Waals surface area contributed by atoms with Crippen molar-refractivity contribution in [2.45, 2.75) is 38.6 Å². The minimum Gasteiger partial charge on any atom is -0.479 e. The van der Waals surface area contributed by atoms with Gasteiger partial charge in [0.05, 0.1) is 37.2 Å². The molecular weight excluding hydrogens is 446 g/mol. The van der Waals surface area contributed by atoms with Crippen LogP contribution in [0.25, 0.3) is 17.0 Å². The summed E-state index contributed by atoms with van der Waals surface area (Å²) in [5.41, 5.74) is 2.37. The maximum absolute atomic E-state index is 14.6. The van der Waals surface area contributed by atoms with Gasteiger partial charge in [-0.15, -0.1) is 0 Å². The molecule has 11 heteroatoms. The summed E-state index contributed by atoms with van der Waals surface area (Å²) in [5, 5.41) is 8.96. The number of nitrogens with zero attached hydrogens (tertiary/aromatic N) is 6. The second-order valence-electron chi connectivity index (χ2n) is 8.07. The number of hydrogen-bond acceptors (Lipinski definition) is 7. The van der Waals surface area contributed by atoms with E-state index in [4.69, 9.17) is 14.6 Å². The van der Waals surface area contributed by atoms with Crippen LogP contribution in [0.1, 0.15) is 60.3 Å². The number of benzene rings is 1. The highest BCUT2D eigenvalue weighted by Gasteiger charge is 2.33. The Morgan fingerprint density at radius 1 is 1.26 bits per heavy atom. The largest absolute Gasteiger partial charge is 0.479 e. The van der Waals surface area contributed by atoms with Crippen LogP contribution in [0.5, 0.6) is 5.88 Å². The van der Waals surface area contributed by atoms with Crippen LogP contribution in [0.4, 0.5) is 8.78 Å². The predicted molar refractivity (Wildman–Crippen MR) is 117 cm³/mol. The average molecular weight is 468 g/mol. The fourth-order valence-electron chi connectivity index (χ4n) is 3.90. The first-order chi connectivity index (χ1) is 16.4. The molecular formula is C23H22F2N6O3. The van der Waals surface area contributed by atoms with E-state index in [-0.39, 0.29) is 35.5 Å². The number of methoxy groups -OCH3 is 1. The molecule has 0 aliphatic heterocycles. The summed E-state index contributed by atoms with van der Waals surface area (Å²) in [5.74, 6) is -1.17. The molecule has 1 aliphatic carbocycles. The Balaban J connectivity index is 1.65. The fourth-order valence-corrected chi connectivity index (χ4v) is 3.90. The molecule has 0 unspecified atom stereocenters. The van der Waals surface area contributed by atoms with E-state index in [0.29, 0.717) is 11.0 Å². The standard InChI is InChI=1S/C23H22F2N6O3/c1-4-34-22(32)14-10-26-30(11-14)23-27-19-18(13-5-6-13)29-31(20(19)21(28-23)33-3)12(2)16-8-7-15(24)9-17(16)25/h7-13H,4-6H2,1-3H3/t12-/m0/s1. The van der Waals surface area contributed by atoms with Crippen LogP contribution in [0.3, 0.4) is 0 Å². The van der Waals surface area contributed by atoms with Crippen LogP contribution < -0.4 is 4.74 Å². The number of hydrogen-bond donors (Lipinski definition) is 0. The molecule has 1 aliphatic rings. The highest BCUT2D eigenvalue weighted by atomic mass is 19.1. The second kappa shape index (κ2) is 8.47. The van der Waals surface area contributed by atoms with E-state index in [1.165, 1.54) is 36.3 Å². The summed E-state index contributed by atoms with van der Waals surface area (Å²) in [6.45, 7) is 3.74. The lowest BCUT2D eigenvalue weighted by Crippen LogP contribution is -2.12. The molecule has 9 nitrogen and oxygen atoms in total. The minimum absolute atomic E-state index is 0.196. The molecule has 0 radical (unpaired) electrons. The Morgan fingerprint density at radius 3 is 2.74 bits per heavy atom. The Morgan fingerprint density at radius 2 is 2.06 bits per heavy atom. The van der Waals surface area contributed by atoms with Crippen molar-refractivity contribution in [3.63, 3.8) is 0 Å². The maximum Gasteiger partial charge on any atom is 0.341 e. The van der Waals surface area contributed by atoms with Gasteiger partial charge in [0.1, 0.15) is 22.7 Å². The molecule has 34 heavy (non-hydrogen) atoms. The third-order valence-corrected chi connectivity index (χ3v) is 5.76. The predicted octanol–water partition coefficient (Wildman–Crippen LogP) is 3.96. The smallest absolute Gasteiger partial charge is 0.341 e. The van der Waals surface area contributed by atoms with Gasteiger partial charge in [-0.3, -0.25) is 4.68 Å². The number of aromatic nitrogens is 6. The molecule has 0 N–H and O–H groups in total. The lowest BCUT2D eigenvalue weighted by Gasteiger charge is -2.16. The van der Waals surface area contributed by atoms with Crippen molar-refractivity contribution in [1.29, 1.82) is 0 Å². The number of fused-ring (bicyclic) bond motifs is 1. The van der Waals surface area contributed by atoms with Gasteiger partial charge in [0.25, 0.3) is 5.95 Å². The van der Waals surface area contributed by atoms with Crippen LogP contribution in [0, 0.1) is 11.6 Å². The summed E-state index contributed by atoms with van der Waals surface area (Å²) in [6.07, 6.45) is 4.78. The van der Waals surface area contributed by atoms with Crippen LogP contribution >= 0.6 is 0 Å². The molecule has 3 aromatic heterocycles. The zero-order valence-corrected chi connectivity index (χ0v) is 18.8. The molecule has 4 aromatic rings. The Hall–Kier alpha value is -3.89. The first kappa shape index (κ1) is 21.9. The van der Waals surface area contributed by atoms with E-state index >= 15 is 0 Å². The summed E-state index contributed by atoms with van der Waals surface area (Å²) in [6, 6.07) is 2.90. The van der Waals surface area contributed by atoms with E-state index in [2.05, 4.69) is 15.1 Å².